The molecule has 0 saturated carbocycles. The molecule has 0 saturated heterocycles. The van der Waals surface area contributed by atoms with Gasteiger partial charge in [-0.05, 0) is 18.1 Å². The van der Waals surface area contributed by atoms with Crippen molar-refractivity contribution in [2.75, 3.05) is 18.5 Å². The molecule has 2 heterocycles. The Morgan fingerprint density at radius 2 is 2.31 bits per heavy atom. The van der Waals surface area contributed by atoms with Crippen LogP contribution in [0.25, 0.3) is 0 Å². The molecule has 3 nitrogen and oxygen atoms in total. The summed E-state index contributed by atoms with van der Waals surface area (Å²) in [5.41, 5.74) is 1.11. The second kappa shape index (κ2) is 3.24. The van der Waals surface area contributed by atoms with Gasteiger partial charge in [-0.15, -0.1) is 0 Å². The molecule has 1 aliphatic heterocycles. The van der Waals surface area contributed by atoms with Crippen molar-refractivity contribution in [1.82, 2.24) is 4.98 Å². The van der Waals surface area contributed by atoms with Crippen LogP contribution in [0.1, 0.15) is 25.5 Å². The van der Waals surface area contributed by atoms with Gasteiger partial charge in [-0.25, -0.2) is 4.98 Å². The summed E-state index contributed by atoms with van der Waals surface area (Å²) in [6.45, 7) is 5.86. The standard InChI is InChI=1S/C10H14N2O/c1-7(2)8-3-4-9-10(12-8)11-5-6-13-9/h3-4,7H,5-6H2,1-2H3,(H,11,12). The molecule has 0 fully saturated rings. The van der Waals surface area contributed by atoms with Gasteiger partial charge in [0.1, 0.15) is 6.61 Å². The van der Waals surface area contributed by atoms with E-state index in [9.17, 15) is 0 Å². The Labute approximate surface area is 78.1 Å². The van der Waals surface area contributed by atoms with E-state index in [1.165, 1.54) is 0 Å². The molecule has 70 valence electrons. The number of ether oxygens (including phenoxy) is 1. The third-order valence-electron chi connectivity index (χ3n) is 2.12. The molecule has 2 rings (SSSR count). The van der Waals surface area contributed by atoms with Crippen molar-refractivity contribution in [2.45, 2.75) is 19.8 Å². The molecule has 0 amide bonds. The van der Waals surface area contributed by atoms with Crippen LogP contribution in [0.15, 0.2) is 12.1 Å². The van der Waals surface area contributed by atoms with Crippen molar-refractivity contribution in [3.05, 3.63) is 17.8 Å². The highest BCUT2D eigenvalue weighted by molar-refractivity contribution is 5.52. The highest BCUT2D eigenvalue weighted by Gasteiger charge is 2.12. The molecule has 0 bridgehead atoms. The van der Waals surface area contributed by atoms with Gasteiger partial charge in [0.15, 0.2) is 11.6 Å². The Bertz CT molecular complexity index is 310. The van der Waals surface area contributed by atoms with Gasteiger partial charge in [-0.3, -0.25) is 0 Å². The van der Waals surface area contributed by atoms with Gasteiger partial charge in [0.05, 0.1) is 6.54 Å². The van der Waals surface area contributed by atoms with Crippen molar-refractivity contribution >= 4 is 5.82 Å². The topological polar surface area (TPSA) is 34.2 Å². The highest BCUT2D eigenvalue weighted by atomic mass is 16.5. The second-order valence-electron chi connectivity index (χ2n) is 3.51. The zero-order valence-electron chi connectivity index (χ0n) is 8.00. The maximum absolute atomic E-state index is 5.43. The zero-order chi connectivity index (χ0) is 9.26. The Kier molecular flexibility index (Phi) is 2.08. The van der Waals surface area contributed by atoms with Crippen LogP contribution in [0.4, 0.5) is 5.82 Å². The van der Waals surface area contributed by atoms with E-state index in [2.05, 4.69) is 24.1 Å². The fourth-order valence-electron chi connectivity index (χ4n) is 1.36. The summed E-state index contributed by atoms with van der Waals surface area (Å²) in [6.07, 6.45) is 0. The van der Waals surface area contributed by atoms with E-state index >= 15 is 0 Å². The summed E-state index contributed by atoms with van der Waals surface area (Å²) in [6, 6.07) is 4.01. The van der Waals surface area contributed by atoms with Crippen molar-refractivity contribution in [2.24, 2.45) is 0 Å². The summed E-state index contributed by atoms with van der Waals surface area (Å²) < 4.78 is 5.43. The molecule has 0 unspecified atom stereocenters. The summed E-state index contributed by atoms with van der Waals surface area (Å²) in [4.78, 5) is 4.48. The van der Waals surface area contributed by atoms with Crippen LogP contribution in [0.5, 0.6) is 5.75 Å². The minimum absolute atomic E-state index is 0.467. The number of anilines is 1. The van der Waals surface area contributed by atoms with Crippen molar-refractivity contribution in [3.8, 4) is 5.75 Å². The van der Waals surface area contributed by atoms with Crippen LogP contribution in [0, 0.1) is 0 Å². The molecule has 1 aromatic rings. The van der Waals surface area contributed by atoms with Crippen molar-refractivity contribution in [3.63, 3.8) is 0 Å². The van der Waals surface area contributed by atoms with Crippen molar-refractivity contribution in [1.29, 1.82) is 0 Å². The summed E-state index contributed by atoms with van der Waals surface area (Å²) in [7, 11) is 0. The van der Waals surface area contributed by atoms with Gasteiger partial charge < -0.3 is 10.1 Å². The largest absolute Gasteiger partial charge is 0.488 e. The van der Waals surface area contributed by atoms with E-state index in [0.717, 1.165) is 30.4 Å². The van der Waals surface area contributed by atoms with Gasteiger partial charge in [0.2, 0.25) is 0 Å². The Morgan fingerprint density at radius 1 is 1.46 bits per heavy atom. The third-order valence-corrected chi connectivity index (χ3v) is 2.12. The maximum Gasteiger partial charge on any atom is 0.169 e. The number of aromatic nitrogens is 1. The molecule has 1 aliphatic rings. The quantitative estimate of drug-likeness (QED) is 0.714. The monoisotopic (exact) mass is 178 g/mol. The predicted molar refractivity (Wildman–Crippen MR) is 52.3 cm³/mol. The number of nitrogens with zero attached hydrogens (tertiary/aromatic N) is 1. The van der Waals surface area contributed by atoms with Crippen LogP contribution in [0.2, 0.25) is 0 Å². The minimum Gasteiger partial charge on any atom is -0.488 e. The van der Waals surface area contributed by atoms with Gasteiger partial charge >= 0.3 is 0 Å². The van der Waals surface area contributed by atoms with Gasteiger partial charge in [0.25, 0.3) is 0 Å². The number of rotatable bonds is 1. The molecule has 1 aromatic heterocycles. The Balaban J connectivity index is 2.35. The summed E-state index contributed by atoms with van der Waals surface area (Å²) in [5.74, 6) is 2.22. The number of fused-ring (bicyclic) bond motifs is 1. The molecular weight excluding hydrogens is 164 g/mol. The molecule has 1 N–H and O–H groups in total. The van der Waals surface area contributed by atoms with E-state index in [1.54, 1.807) is 0 Å². The first-order valence-electron chi connectivity index (χ1n) is 4.65. The minimum atomic E-state index is 0.467. The zero-order valence-corrected chi connectivity index (χ0v) is 8.00. The number of hydrogen-bond acceptors (Lipinski definition) is 3. The molecule has 0 aliphatic carbocycles. The SMILES string of the molecule is CC(C)c1ccc2c(n1)NCCO2. The number of pyridine rings is 1. The molecule has 13 heavy (non-hydrogen) atoms. The average Bonchev–Trinajstić information content (AvgIpc) is 2.17. The lowest BCUT2D eigenvalue weighted by Crippen LogP contribution is -2.19. The highest BCUT2D eigenvalue weighted by Crippen LogP contribution is 2.26. The first kappa shape index (κ1) is 8.35. The van der Waals surface area contributed by atoms with Gasteiger partial charge in [-0.2, -0.15) is 0 Å². The van der Waals surface area contributed by atoms with E-state index in [0.29, 0.717) is 5.92 Å². The normalized spacial score (nSPS) is 14.7. The van der Waals surface area contributed by atoms with Crippen LogP contribution in [0.3, 0.4) is 0 Å². The molecule has 0 aromatic carbocycles. The van der Waals surface area contributed by atoms with Crippen LogP contribution in [-0.4, -0.2) is 18.1 Å². The lowest BCUT2D eigenvalue weighted by molar-refractivity contribution is 0.321. The Morgan fingerprint density at radius 3 is 3.08 bits per heavy atom. The van der Waals surface area contributed by atoms with Gasteiger partial charge in [0, 0.05) is 5.69 Å². The fourth-order valence-corrected chi connectivity index (χ4v) is 1.36. The van der Waals surface area contributed by atoms with Crippen LogP contribution < -0.4 is 10.1 Å². The van der Waals surface area contributed by atoms with Crippen LogP contribution in [-0.2, 0) is 0 Å². The molecular formula is C10H14N2O. The van der Waals surface area contributed by atoms with E-state index in [-0.39, 0.29) is 0 Å². The first-order chi connectivity index (χ1) is 6.27. The number of hydrogen-bond donors (Lipinski definition) is 1. The van der Waals surface area contributed by atoms with Gasteiger partial charge in [-0.1, -0.05) is 13.8 Å². The molecule has 0 spiro atoms. The van der Waals surface area contributed by atoms with E-state index in [1.807, 2.05) is 12.1 Å². The smallest absolute Gasteiger partial charge is 0.169 e. The van der Waals surface area contributed by atoms with E-state index < -0.39 is 0 Å². The lowest BCUT2D eigenvalue weighted by Gasteiger charge is -2.19. The predicted octanol–water partition coefficient (Wildman–Crippen LogP) is 2.01. The maximum atomic E-state index is 5.43. The molecule has 0 radical (unpaired) electrons. The molecule has 0 atom stereocenters. The fraction of sp³-hybridized carbons (Fsp3) is 0.500. The average molecular weight is 178 g/mol. The third kappa shape index (κ3) is 1.59. The van der Waals surface area contributed by atoms with Crippen molar-refractivity contribution < 1.29 is 4.74 Å². The second-order valence-corrected chi connectivity index (χ2v) is 3.51. The molecule has 3 heteroatoms. The van der Waals surface area contributed by atoms with E-state index in [4.69, 9.17) is 4.74 Å². The first-order valence-corrected chi connectivity index (χ1v) is 4.65. The number of nitrogens with one attached hydrogen (secondary N) is 1. The Hall–Kier alpha value is -1.25. The van der Waals surface area contributed by atoms with Crippen LogP contribution >= 0.6 is 0 Å². The lowest BCUT2D eigenvalue weighted by atomic mass is 10.1. The summed E-state index contributed by atoms with van der Waals surface area (Å²) >= 11 is 0. The summed E-state index contributed by atoms with van der Waals surface area (Å²) in [5, 5.41) is 3.22.